The van der Waals surface area contributed by atoms with Crippen molar-refractivity contribution < 1.29 is 8.76 Å². The maximum absolute atomic E-state index is 11.0. The lowest BCUT2D eigenvalue weighted by Crippen LogP contribution is -2.19. The van der Waals surface area contributed by atoms with Gasteiger partial charge in [0.05, 0.1) is 17.3 Å². The Morgan fingerprint density at radius 2 is 1.58 bits per heavy atom. The summed E-state index contributed by atoms with van der Waals surface area (Å²) in [5.74, 6) is -0.463. The van der Waals surface area contributed by atoms with Crippen molar-refractivity contribution in [3.63, 3.8) is 0 Å². The molecule has 4 aromatic rings. The lowest BCUT2D eigenvalue weighted by molar-refractivity contribution is 0.521. The first-order valence-electron chi connectivity index (χ1n) is 10.2. The van der Waals surface area contributed by atoms with Gasteiger partial charge in [-0.3, -0.25) is 19.2 Å². The van der Waals surface area contributed by atoms with E-state index in [0.29, 0.717) is 11.3 Å². The van der Waals surface area contributed by atoms with Crippen molar-refractivity contribution in [3.8, 4) is 6.07 Å². The standard InChI is InChI=1S/C25H21N5O2S/c26-14-18-5-1-6-19(13-18)25(23-10-2-9-22(30-23)17-29-33(31)32)24(20-7-3-11-27-15-20)21-8-4-12-28-16-21/h1-13,15-16,24-25,29H,17H2,(H,31,32)/p-1. The third-order valence-corrected chi connectivity index (χ3v) is 5.69. The largest absolute Gasteiger partial charge is 0.760 e. The van der Waals surface area contributed by atoms with Gasteiger partial charge in [-0.2, -0.15) is 5.26 Å². The van der Waals surface area contributed by atoms with E-state index in [1.54, 1.807) is 24.5 Å². The maximum Gasteiger partial charge on any atom is 0.0991 e. The molecule has 0 bridgehead atoms. The molecular formula is C25H20N5O2S-. The number of pyridine rings is 3. The second-order valence-electron chi connectivity index (χ2n) is 7.37. The fourth-order valence-corrected chi connectivity index (χ4v) is 4.20. The van der Waals surface area contributed by atoms with Gasteiger partial charge in [-0.25, -0.2) is 4.72 Å². The molecule has 1 aromatic carbocycles. The van der Waals surface area contributed by atoms with Gasteiger partial charge in [0.2, 0.25) is 0 Å². The molecule has 0 aliphatic rings. The number of benzene rings is 1. The minimum atomic E-state index is -2.38. The molecule has 0 radical (unpaired) electrons. The van der Waals surface area contributed by atoms with Crippen LogP contribution in [0.15, 0.2) is 91.5 Å². The van der Waals surface area contributed by atoms with E-state index in [1.165, 1.54) is 0 Å². The molecule has 2 atom stereocenters. The Morgan fingerprint density at radius 1 is 0.909 bits per heavy atom. The molecule has 164 valence electrons. The van der Waals surface area contributed by atoms with Crippen LogP contribution in [0.4, 0.5) is 0 Å². The number of rotatable bonds is 8. The summed E-state index contributed by atoms with van der Waals surface area (Å²) in [5, 5.41) is 9.50. The second kappa shape index (κ2) is 10.7. The van der Waals surface area contributed by atoms with E-state index in [1.807, 2.05) is 67.0 Å². The fraction of sp³-hybridized carbons (Fsp3) is 0.120. The first kappa shape index (κ1) is 22.4. The van der Waals surface area contributed by atoms with Crippen LogP contribution in [0.25, 0.3) is 0 Å². The van der Waals surface area contributed by atoms with Crippen molar-refractivity contribution in [1.82, 2.24) is 19.7 Å². The first-order chi connectivity index (χ1) is 16.2. The van der Waals surface area contributed by atoms with Gasteiger partial charge in [0, 0.05) is 60.1 Å². The Balaban J connectivity index is 1.90. The highest BCUT2D eigenvalue weighted by Crippen LogP contribution is 2.42. The zero-order chi connectivity index (χ0) is 23.0. The fourth-order valence-electron chi connectivity index (χ4n) is 3.94. The predicted molar refractivity (Wildman–Crippen MR) is 123 cm³/mol. The summed E-state index contributed by atoms with van der Waals surface area (Å²) in [6.45, 7) is 0.0827. The van der Waals surface area contributed by atoms with Crippen LogP contribution in [0, 0.1) is 11.3 Å². The van der Waals surface area contributed by atoms with Gasteiger partial charge < -0.3 is 4.55 Å². The highest BCUT2D eigenvalue weighted by atomic mass is 32.2. The van der Waals surface area contributed by atoms with Crippen molar-refractivity contribution >= 4 is 11.3 Å². The summed E-state index contributed by atoms with van der Waals surface area (Å²) >= 11 is -2.38. The van der Waals surface area contributed by atoms with Crippen LogP contribution in [0.3, 0.4) is 0 Å². The summed E-state index contributed by atoms with van der Waals surface area (Å²) < 4.78 is 24.3. The van der Waals surface area contributed by atoms with Gasteiger partial charge in [0.1, 0.15) is 0 Å². The van der Waals surface area contributed by atoms with Crippen molar-refractivity contribution in [2.24, 2.45) is 0 Å². The van der Waals surface area contributed by atoms with Crippen molar-refractivity contribution in [2.75, 3.05) is 0 Å². The maximum atomic E-state index is 11.0. The quantitative estimate of drug-likeness (QED) is 0.407. The molecule has 0 saturated carbocycles. The minimum Gasteiger partial charge on any atom is -0.760 e. The van der Waals surface area contributed by atoms with Gasteiger partial charge in [-0.1, -0.05) is 30.3 Å². The van der Waals surface area contributed by atoms with E-state index in [-0.39, 0.29) is 18.4 Å². The molecule has 0 spiro atoms. The molecule has 0 aliphatic carbocycles. The number of nitrogens with zero attached hydrogens (tertiary/aromatic N) is 4. The smallest absolute Gasteiger partial charge is 0.0991 e. The number of nitriles is 1. The van der Waals surface area contributed by atoms with E-state index in [0.717, 1.165) is 22.4 Å². The van der Waals surface area contributed by atoms with Gasteiger partial charge in [0.15, 0.2) is 0 Å². The zero-order valence-electron chi connectivity index (χ0n) is 17.5. The van der Waals surface area contributed by atoms with Crippen molar-refractivity contribution in [1.29, 1.82) is 5.26 Å². The van der Waals surface area contributed by atoms with Crippen LogP contribution in [0.1, 0.15) is 45.5 Å². The SMILES string of the molecule is N#Cc1cccc(C(c2cccc(CNS(=O)[O-])n2)C(c2cccnc2)c2cccnc2)c1. The third-order valence-electron chi connectivity index (χ3n) is 5.31. The normalized spacial score (nSPS) is 12.8. The Bertz CT molecular complexity index is 1240. The lowest BCUT2D eigenvalue weighted by Gasteiger charge is -2.28. The van der Waals surface area contributed by atoms with Crippen LogP contribution in [-0.2, 0) is 17.8 Å². The molecule has 7 nitrogen and oxygen atoms in total. The summed E-state index contributed by atoms with van der Waals surface area (Å²) in [4.78, 5) is 13.4. The summed E-state index contributed by atoms with van der Waals surface area (Å²) in [6.07, 6.45) is 7.10. The molecule has 0 fully saturated rings. The zero-order valence-corrected chi connectivity index (χ0v) is 18.4. The van der Waals surface area contributed by atoms with E-state index in [9.17, 15) is 14.0 Å². The summed E-state index contributed by atoms with van der Waals surface area (Å²) in [6, 6.07) is 23.0. The molecule has 4 rings (SSSR count). The molecule has 0 amide bonds. The van der Waals surface area contributed by atoms with E-state index >= 15 is 0 Å². The first-order valence-corrected chi connectivity index (χ1v) is 11.3. The topological polar surface area (TPSA) is 115 Å². The van der Waals surface area contributed by atoms with Gasteiger partial charge in [-0.05, 0) is 53.1 Å². The van der Waals surface area contributed by atoms with Gasteiger partial charge >= 0.3 is 0 Å². The molecule has 33 heavy (non-hydrogen) atoms. The van der Waals surface area contributed by atoms with Gasteiger partial charge in [0.25, 0.3) is 0 Å². The monoisotopic (exact) mass is 454 g/mol. The average Bonchev–Trinajstić information content (AvgIpc) is 2.87. The molecule has 1 N–H and O–H groups in total. The van der Waals surface area contributed by atoms with Crippen LogP contribution < -0.4 is 4.72 Å². The molecule has 0 saturated heterocycles. The van der Waals surface area contributed by atoms with Crippen LogP contribution >= 0.6 is 0 Å². The van der Waals surface area contributed by atoms with Crippen LogP contribution in [-0.4, -0.2) is 23.7 Å². The summed E-state index contributed by atoms with van der Waals surface area (Å²) in [7, 11) is 0. The highest BCUT2D eigenvalue weighted by Gasteiger charge is 2.30. The van der Waals surface area contributed by atoms with Crippen LogP contribution in [0.5, 0.6) is 0 Å². The van der Waals surface area contributed by atoms with Crippen molar-refractivity contribution in [2.45, 2.75) is 18.4 Å². The number of hydrogen-bond acceptors (Lipinski definition) is 6. The average molecular weight is 455 g/mol. The predicted octanol–water partition coefficient (Wildman–Crippen LogP) is 3.59. The molecule has 2 unspecified atom stereocenters. The van der Waals surface area contributed by atoms with Crippen molar-refractivity contribution in [3.05, 3.63) is 125 Å². The third kappa shape index (κ3) is 5.54. The van der Waals surface area contributed by atoms with Gasteiger partial charge in [-0.15, -0.1) is 0 Å². The summed E-state index contributed by atoms with van der Waals surface area (Å²) in [5.41, 5.74) is 4.76. The second-order valence-corrected chi connectivity index (χ2v) is 8.13. The minimum absolute atomic E-state index is 0.0827. The number of hydrogen-bond donors (Lipinski definition) is 1. The Morgan fingerprint density at radius 3 is 2.18 bits per heavy atom. The highest BCUT2D eigenvalue weighted by molar-refractivity contribution is 7.77. The van der Waals surface area contributed by atoms with E-state index in [2.05, 4.69) is 20.8 Å². The Labute approximate surface area is 194 Å². The lowest BCUT2D eigenvalue weighted by atomic mass is 9.76. The van der Waals surface area contributed by atoms with E-state index < -0.39 is 11.3 Å². The van der Waals surface area contributed by atoms with E-state index in [4.69, 9.17) is 4.98 Å². The molecule has 0 aliphatic heterocycles. The Kier molecular flexibility index (Phi) is 7.27. The van der Waals surface area contributed by atoms with Crippen LogP contribution in [0.2, 0.25) is 0 Å². The number of aromatic nitrogens is 3. The molecular weight excluding hydrogens is 434 g/mol. The number of nitrogens with one attached hydrogen (secondary N) is 1. The molecule has 8 heteroatoms. The Hall–Kier alpha value is -3.77. The molecule has 3 aromatic heterocycles. The molecule has 3 heterocycles.